The van der Waals surface area contributed by atoms with Crippen LogP contribution in [0.2, 0.25) is 0 Å². The largest absolute Gasteiger partial charge is 0.383 e. The number of nitrogens with zero attached hydrogens (tertiary/aromatic N) is 3. The molecule has 2 aromatic carbocycles. The van der Waals surface area contributed by atoms with E-state index in [4.69, 9.17) is 0 Å². The molecule has 3 N–H and O–H groups in total. The number of aliphatic hydroxyl groups is 1. The van der Waals surface area contributed by atoms with Gasteiger partial charge in [-0.25, -0.2) is 13.8 Å². The molecule has 1 aliphatic heterocycles. The van der Waals surface area contributed by atoms with E-state index >= 15 is 0 Å². The number of thioether (sulfide) groups is 1. The predicted octanol–water partition coefficient (Wildman–Crippen LogP) is 2.88. The summed E-state index contributed by atoms with van der Waals surface area (Å²) in [6.07, 6.45) is -1.14. The molecule has 1 aliphatic rings. The normalized spacial score (nSPS) is 18.9. The van der Waals surface area contributed by atoms with E-state index in [9.17, 15) is 23.5 Å². The van der Waals surface area contributed by atoms with Crippen LogP contribution < -0.4 is 10.7 Å². The minimum Gasteiger partial charge on any atom is -0.383 e. The molecule has 2 atom stereocenters. The standard InChI is InChI=1S/C23H25F2N5O3S/c1-14(31)22(33)30-23(17-7-5-4-6-8-17,11-12-26-28-15(2)27-16(3)32)34-21(29-30)19-13-18(24)9-10-20(19)25/h4-10,13-14,26,31H,11-12H2,1-3H3,(H,27,28,32)/t14-,23?/m0/s1. The molecule has 34 heavy (non-hydrogen) atoms. The second-order valence-electron chi connectivity index (χ2n) is 7.64. The number of hydrogen-bond donors (Lipinski definition) is 3. The third-order valence-corrected chi connectivity index (χ3v) is 6.37. The molecule has 0 bridgehead atoms. The van der Waals surface area contributed by atoms with Crippen LogP contribution in [0.5, 0.6) is 0 Å². The number of rotatable bonds is 7. The molecular weight excluding hydrogens is 464 g/mol. The third-order valence-electron chi connectivity index (χ3n) is 4.93. The van der Waals surface area contributed by atoms with Crippen LogP contribution in [0.25, 0.3) is 0 Å². The summed E-state index contributed by atoms with van der Waals surface area (Å²) in [5, 5.41) is 22.3. The highest BCUT2D eigenvalue weighted by Gasteiger charge is 2.49. The molecule has 0 saturated carbocycles. The third kappa shape index (κ3) is 5.60. The zero-order chi connectivity index (χ0) is 24.9. The second kappa shape index (κ2) is 10.7. The lowest BCUT2D eigenvalue weighted by molar-refractivity contribution is -0.143. The van der Waals surface area contributed by atoms with Gasteiger partial charge in [0.05, 0.1) is 0 Å². The Morgan fingerprint density at radius 2 is 1.91 bits per heavy atom. The summed E-state index contributed by atoms with van der Waals surface area (Å²) in [7, 11) is 0. The fourth-order valence-corrected chi connectivity index (χ4v) is 4.82. The van der Waals surface area contributed by atoms with Gasteiger partial charge in [0.25, 0.3) is 5.91 Å². The number of hydrazone groups is 2. The minimum absolute atomic E-state index is 0.0846. The summed E-state index contributed by atoms with van der Waals surface area (Å²) in [5.41, 5.74) is 3.44. The Labute approximate surface area is 200 Å². The Hall–Kier alpha value is -3.31. The number of amidine groups is 1. The Kier molecular flexibility index (Phi) is 8.00. The minimum atomic E-state index is -1.38. The van der Waals surface area contributed by atoms with Crippen molar-refractivity contribution >= 4 is 34.5 Å². The van der Waals surface area contributed by atoms with Crippen LogP contribution in [0.4, 0.5) is 8.78 Å². The van der Waals surface area contributed by atoms with Crippen molar-refractivity contribution in [3.05, 3.63) is 71.3 Å². The van der Waals surface area contributed by atoms with Gasteiger partial charge >= 0.3 is 0 Å². The van der Waals surface area contributed by atoms with Crippen LogP contribution in [0.15, 0.2) is 58.7 Å². The molecule has 2 aromatic rings. The molecule has 0 fully saturated rings. The van der Waals surface area contributed by atoms with E-state index in [1.54, 1.807) is 31.2 Å². The summed E-state index contributed by atoms with van der Waals surface area (Å²) >= 11 is 1.09. The van der Waals surface area contributed by atoms with E-state index in [1.165, 1.54) is 13.8 Å². The van der Waals surface area contributed by atoms with Crippen molar-refractivity contribution in [3.63, 3.8) is 0 Å². The van der Waals surface area contributed by atoms with Crippen LogP contribution in [-0.4, -0.2) is 45.5 Å². The number of halogens is 2. The number of carbonyl (C=O) groups is 2. The molecular formula is C23H25F2N5O3S. The van der Waals surface area contributed by atoms with Crippen molar-refractivity contribution in [2.24, 2.45) is 10.2 Å². The molecule has 0 aliphatic carbocycles. The van der Waals surface area contributed by atoms with Crippen LogP contribution in [0.1, 0.15) is 38.3 Å². The zero-order valence-corrected chi connectivity index (χ0v) is 19.7. The van der Waals surface area contributed by atoms with Crippen molar-refractivity contribution in [2.45, 2.75) is 38.2 Å². The van der Waals surface area contributed by atoms with Gasteiger partial charge < -0.3 is 15.8 Å². The summed E-state index contributed by atoms with van der Waals surface area (Å²) in [6.45, 7) is 4.53. The fraction of sp³-hybridized carbons (Fsp3) is 0.304. The highest BCUT2D eigenvalue weighted by atomic mass is 32.2. The van der Waals surface area contributed by atoms with Gasteiger partial charge in [0.2, 0.25) is 5.91 Å². The van der Waals surface area contributed by atoms with Gasteiger partial charge in [-0.05, 0) is 37.6 Å². The molecule has 180 valence electrons. The quantitative estimate of drug-likeness (QED) is 0.240. The monoisotopic (exact) mass is 489 g/mol. The van der Waals surface area contributed by atoms with Crippen molar-refractivity contribution in [2.75, 3.05) is 6.54 Å². The zero-order valence-electron chi connectivity index (χ0n) is 18.9. The summed E-state index contributed by atoms with van der Waals surface area (Å²) in [4.78, 5) is 23.0. The summed E-state index contributed by atoms with van der Waals surface area (Å²) in [5.74, 6) is -1.93. The second-order valence-corrected chi connectivity index (χ2v) is 8.91. The number of carbonyl (C=O) groups excluding carboxylic acids is 2. The summed E-state index contributed by atoms with van der Waals surface area (Å²) in [6, 6.07) is 12.0. The van der Waals surface area contributed by atoms with Gasteiger partial charge in [0, 0.05) is 25.5 Å². The highest BCUT2D eigenvalue weighted by molar-refractivity contribution is 8.15. The maximum absolute atomic E-state index is 14.6. The number of benzene rings is 2. The van der Waals surface area contributed by atoms with E-state index in [0.29, 0.717) is 11.4 Å². The number of nitrogens with one attached hydrogen (secondary N) is 2. The molecule has 2 amide bonds. The molecule has 1 heterocycles. The maximum atomic E-state index is 14.6. The van der Waals surface area contributed by atoms with Gasteiger partial charge in [-0.2, -0.15) is 10.2 Å². The van der Waals surface area contributed by atoms with E-state index in [2.05, 4.69) is 20.9 Å². The van der Waals surface area contributed by atoms with Crippen molar-refractivity contribution in [1.82, 2.24) is 15.8 Å². The maximum Gasteiger partial charge on any atom is 0.272 e. The van der Waals surface area contributed by atoms with Crippen LogP contribution in [-0.2, 0) is 14.5 Å². The number of aliphatic hydroxyl groups excluding tert-OH is 1. The molecule has 3 rings (SSSR count). The molecule has 8 nitrogen and oxygen atoms in total. The van der Waals surface area contributed by atoms with E-state index in [0.717, 1.165) is 35.0 Å². The van der Waals surface area contributed by atoms with Gasteiger partial charge in [-0.1, -0.05) is 42.1 Å². The first-order valence-corrected chi connectivity index (χ1v) is 11.3. The average molecular weight is 490 g/mol. The Balaban J connectivity index is 2.01. The van der Waals surface area contributed by atoms with E-state index < -0.39 is 28.5 Å². The van der Waals surface area contributed by atoms with Gasteiger partial charge in [-0.3, -0.25) is 9.59 Å². The Morgan fingerprint density at radius 3 is 2.56 bits per heavy atom. The lowest BCUT2D eigenvalue weighted by Crippen LogP contribution is -2.46. The molecule has 0 aromatic heterocycles. The van der Waals surface area contributed by atoms with Gasteiger partial charge in [-0.15, -0.1) is 0 Å². The summed E-state index contributed by atoms with van der Waals surface area (Å²) < 4.78 is 28.5. The molecule has 0 spiro atoms. The van der Waals surface area contributed by atoms with E-state index in [1.807, 2.05) is 6.07 Å². The lowest BCUT2D eigenvalue weighted by Gasteiger charge is -2.36. The average Bonchev–Trinajstić information content (AvgIpc) is 3.18. The first kappa shape index (κ1) is 25.3. The van der Waals surface area contributed by atoms with Crippen LogP contribution >= 0.6 is 11.8 Å². The Bertz CT molecular complexity index is 1130. The molecule has 0 radical (unpaired) electrons. The van der Waals surface area contributed by atoms with Crippen molar-refractivity contribution < 1.29 is 23.5 Å². The first-order valence-electron chi connectivity index (χ1n) is 10.5. The SMILES string of the molecule is CC(=O)NC(C)=NNCCC1(c2ccccc2)SC(c2cc(F)ccc2F)=NN1C(=O)[C@H](C)O. The highest BCUT2D eigenvalue weighted by Crippen LogP contribution is 2.50. The Morgan fingerprint density at radius 1 is 1.21 bits per heavy atom. The van der Waals surface area contributed by atoms with Crippen molar-refractivity contribution in [1.29, 1.82) is 0 Å². The molecule has 0 saturated heterocycles. The topological polar surface area (TPSA) is 106 Å². The fourth-order valence-electron chi connectivity index (χ4n) is 3.43. The lowest BCUT2D eigenvalue weighted by atomic mass is 10.0. The van der Waals surface area contributed by atoms with Crippen molar-refractivity contribution in [3.8, 4) is 0 Å². The number of hydrogen-bond acceptors (Lipinski definition) is 7. The predicted molar refractivity (Wildman–Crippen MR) is 127 cm³/mol. The molecule has 1 unspecified atom stereocenters. The smallest absolute Gasteiger partial charge is 0.272 e. The van der Waals surface area contributed by atoms with Gasteiger partial charge in [0.15, 0.2) is 0 Å². The van der Waals surface area contributed by atoms with Crippen LogP contribution in [0, 0.1) is 11.6 Å². The molecule has 11 heteroatoms. The van der Waals surface area contributed by atoms with E-state index in [-0.39, 0.29) is 29.5 Å². The number of amides is 2. The van der Waals surface area contributed by atoms with Crippen LogP contribution in [0.3, 0.4) is 0 Å². The first-order chi connectivity index (χ1) is 16.1. The van der Waals surface area contributed by atoms with Gasteiger partial charge in [0.1, 0.15) is 33.5 Å².